The maximum atomic E-state index is 12.2. The highest BCUT2D eigenvalue weighted by atomic mass is 16.4. The monoisotopic (exact) mass is 264 g/mol. The molecule has 0 aliphatic rings. The van der Waals surface area contributed by atoms with Crippen LogP contribution in [0.15, 0.2) is 23.4 Å². The first-order chi connectivity index (χ1) is 8.99. The molecule has 0 aliphatic heterocycles. The third kappa shape index (κ3) is 3.21. The maximum absolute atomic E-state index is 12.2. The largest absolute Gasteiger partial charge is 0.409 e. The number of aryl methyl sites for hydroxylation is 1. The van der Waals surface area contributed by atoms with Crippen LogP contribution in [0.3, 0.4) is 0 Å². The number of aromatic nitrogens is 1. The van der Waals surface area contributed by atoms with Crippen molar-refractivity contribution < 1.29 is 10.0 Å². The van der Waals surface area contributed by atoms with Crippen LogP contribution in [-0.4, -0.2) is 27.5 Å². The van der Waals surface area contributed by atoms with Gasteiger partial charge in [0.15, 0.2) is 5.84 Å². The van der Waals surface area contributed by atoms with E-state index < -0.39 is 5.54 Å². The summed E-state index contributed by atoms with van der Waals surface area (Å²) in [5.74, 6) is -0.336. The van der Waals surface area contributed by atoms with E-state index in [9.17, 15) is 4.79 Å². The molecule has 1 aromatic rings. The van der Waals surface area contributed by atoms with Crippen molar-refractivity contribution in [1.29, 1.82) is 0 Å². The number of amides is 1. The Morgan fingerprint density at radius 1 is 1.47 bits per heavy atom. The summed E-state index contributed by atoms with van der Waals surface area (Å²) in [5, 5.41) is 14.7. The molecule has 0 saturated heterocycles. The standard InChI is InChI=1S/C13H20N4O2/c1-4-13(5-2,12(14)17-19)16-11(18)10-8-6-7-9(3)15-10/h6-8,19H,4-5H2,1-3H3,(H2,14,17)(H,16,18). The number of carbonyl (C=O) groups excluding carboxylic acids is 1. The van der Waals surface area contributed by atoms with E-state index in [1.165, 1.54) is 0 Å². The van der Waals surface area contributed by atoms with Crippen LogP contribution < -0.4 is 11.1 Å². The average molecular weight is 264 g/mol. The third-order valence-electron chi connectivity index (χ3n) is 3.28. The van der Waals surface area contributed by atoms with Crippen molar-refractivity contribution in [3.8, 4) is 0 Å². The number of nitrogens with zero attached hydrogens (tertiary/aromatic N) is 2. The number of nitrogens with two attached hydrogens (primary N) is 1. The molecule has 0 aromatic carbocycles. The summed E-state index contributed by atoms with van der Waals surface area (Å²) < 4.78 is 0. The minimum absolute atomic E-state index is 0.00139. The van der Waals surface area contributed by atoms with Crippen LogP contribution in [0.4, 0.5) is 0 Å². The van der Waals surface area contributed by atoms with Crippen molar-refractivity contribution in [3.63, 3.8) is 0 Å². The SMILES string of the molecule is CCC(CC)(NC(=O)c1cccc(C)n1)/C(N)=N/O. The number of carbonyl (C=O) groups is 1. The van der Waals surface area contributed by atoms with Crippen molar-refractivity contribution in [2.24, 2.45) is 10.9 Å². The van der Waals surface area contributed by atoms with Crippen LogP contribution in [0.2, 0.25) is 0 Å². The van der Waals surface area contributed by atoms with Crippen LogP contribution in [0, 0.1) is 6.92 Å². The van der Waals surface area contributed by atoms with E-state index in [0.29, 0.717) is 18.5 Å². The fraction of sp³-hybridized carbons (Fsp3) is 0.462. The Morgan fingerprint density at radius 2 is 2.11 bits per heavy atom. The number of hydrogen-bond donors (Lipinski definition) is 3. The normalized spacial score (nSPS) is 12.3. The first-order valence-electron chi connectivity index (χ1n) is 6.23. The lowest BCUT2D eigenvalue weighted by molar-refractivity contribution is 0.0912. The van der Waals surface area contributed by atoms with E-state index in [0.717, 1.165) is 5.69 Å². The summed E-state index contributed by atoms with van der Waals surface area (Å²) in [6, 6.07) is 5.21. The van der Waals surface area contributed by atoms with Crippen LogP contribution in [0.1, 0.15) is 42.9 Å². The number of amidine groups is 1. The van der Waals surface area contributed by atoms with Gasteiger partial charge in [-0.3, -0.25) is 4.79 Å². The summed E-state index contributed by atoms with van der Waals surface area (Å²) >= 11 is 0. The lowest BCUT2D eigenvalue weighted by Gasteiger charge is -2.31. The molecule has 0 fully saturated rings. The third-order valence-corrected chi connectivity index (χ3v) is 3.28. The van der Waals surface area contributed by atoms with Crippen molar-refractivity contribution >= 4 is 11.7 Å². The molecule has 0 unspecified atom stereocenters. The molecule has 1 rings (SSSR count). The van der Waals surface area contributed by atoms with Gasteiger partial charge in [0.2, 0.25) is 0 Å². The lowest BCUT2D eigenvalue weighted by atomic mass is 9.91. The maximum Gasteiger partial charge on any atom is 0.270 e. The smallest absolute Gasteiger partial charge is 0.270 e. The fourth-order valence-corrected chi connectivity index (χ4v) is 1.90. The zero-order valence-electron chi connectivity index (χ0n) is 11.5. The topological polar surface area (TPSA) is 101 Å². The molecule has 6 heteroatoms. The minimum atomic E-state index is -0.850. The van der Waals surface area contributed by atoms with Gasteiger partial charge in [0.1, 0.15) is 11.2 Å². The Kier molecular flexibility index (Phi) is 4.86. The molecule has 0 radical (unpaired) electrons. The van der Waals surface area contributed by atoms with Crippen molar-refractivity contribution in [2.45, 2.75) is 39.2 Å². The Bertz CT molecular complexity index is 481. The summed E-state index contributed by atoms with van der Waals surface area (Å²) in [7, 11) is 0. The second-order valence-electron chi connectivity index (χ2n) is 4.39. The average Bonchev–Trinajstić information content (AvgIpc) is 2.43. The van der Waals surface area contributed by atoms with Gasteiger partial charge in [0.25, 0.3) is 5.91 Å². The molecule has 0 aliphatic carbocycles. The van der Waals surface area contributed by atoms with Crippen LogP contribution in [-0.2, 0) is 0 Å². The van der Waals surface area contributed by atoms with E-state index in [1.54, 1.807) is 12.1 Å². The Labute approximate surface area is 112 Å². The van der Waals surface area contributed by atoms with Gasteiger partial charge < -0.3 is 16.3 Å². The zero-order chi connectivity index (χ0) is 14.5. The Morgan fingerprint density at radius 3 is 2.58 bits per heavy atom. The number of hydrogen-bond acceptors (Lipinski definition) is 4. The number of oxime groups is 1. The van der Waals surface area contributed by atoms with Gasteiger partial charge in [0.05, 0.1) is 0 Å². The first-order valence-corrected chi connectivity index (χ1v) is 6.23. The van der Waals surface area contributed by atoms with E-state index in [1.807, 2.05) is 26.8 Å². The second-order valence-corrected chi connectivity index (χ2v) is 4.39. The van der Waals surface area contributed by atoms with Gasteiger partial charge in [0, 0.05) is 5.69 Å². The predicted molar refractivity (Wildman–Crippen MR) is 73.2 cm³/mol. The number of nitrogens with one attached hydrogen (secondary N) is 1. The van der Waals surface area contributed by atoms with Crippen molar-refractivity contribution in [1.82, 2.24) is 10.3 Å². The summed E-state index contributed by atoms with van der Waals surface area (Å²) in [5.41, 5.74) is 5.92. The molecular weight excluding hydrogens is 244 g/mol. The molecule has 4 N–H and O–H groups in total. The Hall–Kier alpha value is -2.11. The predicted octanol–water partition coefficient (Wildman–Crippen LogP) is 1.43. The van der Waals surface area contributed by atoms with Gasteiger partial charge in [-0.05, 0) is 31.9 Å². The minimum Gasteiger partial charge on any atom is -0.409 e. The highest BCUT2D eigenvalue weighted by molar-refractivity contribution is 5.99. The fourth-order valence-electron chi connectivity index (χ4n) is 1.90. The molecule has 0 spiro atoms. The second kappa shape index (κ2) is 6.17. The lowest BCUT2D eigenvalue weighted by Crippen LogP contribution is -2.57. The molecule has 1 aromatic heterocycles. The Balaban J connectivity index is 3.01. The van der Waals surface area contributed by atoms with Crippen molar-refractivity contribution in [3.05, 3.63) is 29.6 Å². The molecule has 0 bridgehead atoms. The zero-order valence-corrected chi connectivity index (χ0v) is 11.5. The highest BCUT2D eigenvalue weighted by Gasteiger charge is 2.33. The summed E-state index contributed by atoms with van der Waals surface area (Å²) in [6.45, 7) is 5.55. The summed E-state index contributed by atoms with van der Waals surface area (Å²) in [4.78, 5) is 16.3. The molecular formula is C13H20N4O2. The molecule has 19 heavy (non-hydrogen) atoms. The molecule has 1 amide bonds. The van der Waals surface area contributed by atoms with Crippen LogP contribution in [0.5, 0.6) is 0 Å². The molecule has 1 heterocycles. The van der Waals surface area contributed by atoms with Crippen LogP contribution >= 0.6 is 0 Å². The molecule has 0 saturated carbocycles. The highest BCUT2D eigenvalue weighted by Crippen LogP contribution is 2.16. The number of pyridine rings is 1. The van der Waals surface area contributed by atoms with E-state index in [2.05, 4.69) is 15.5 Å². The van der Waals surface area contributed by atoms with Gasteiger partial charge in [-0.2, -0.15) is 0 Å². The van der Waals surface area contributed by atoms with Gasteiger partial charge in [-0.25, -0.2) is 4.98 Å². The first kappa shape index (κ1) is 14.9. The molecule has 104 valence electrons. The molecule has 0 atom stereocenters. The van der Waals surface area contributed by atoms with E-state index >= 15 is 0 Å². The van der Waals surface area contributed by atoms with Gasteiger partial charge in [-0.15, -0.1) is 0 Å². The molecule has 6 nitrogen and oxygen atoms in total. The van der Waals surface area contributed by atoms with Crippen molar-refractivity contribution in [2.75, 3.05) is 0 Å². The quantitative estimate of drug-likeness (QED) is 0.324. The van der Waals surface area contributed by atoms with E-state index in [4.69, 9.17) is 10.9 Å². The summed E-state index contributed by atoms with van der Waals surface area (Å²) in [6.07, 6.45) is 1.05. The van der Waals surface area contributed by atoms with Crippen LogP contribution in [0.25, 0.3) is 0 Å². The van der Waals surface area contributed by atoms with E-state index in [-0.39, 0.29) is 11.7 Å². The van der Waals surface area contributed by atoms with Gasteiger partial charge >= 0.3 is 0 Å². The number of rotatable bonds is 5. The van der Waals surface area contributed by atoms with Gasteiger partial charge in [-0.1, -0.05) is 25.1 Å².